The van der Waals surface area contributed by atoms with Crippen LogP contribution in [-0.2, 0) is 11.3 Å². The van der Waals surface area contributed by atoms with Gasteiger partial charge in [-0.3, -0.25) is 4.79 Å². The third kappa shape index (κ3) is 3.05. The number of ether oxygens (including phenoxy) is 1. The summed E-state index contributed by atoms with van der Waals surface area (Å²) in [6, 6.07) is 14.2. The summed E-state index contributed by atoms with van der Waals surface area (Å²) in [4.78, 5) is 23.8. The Kier molecular flexibility index (Phi) is 4.03. The molecular weight excluding hydrogens is 340 g/mol. The van der Waals surface area contributed by atoms with Crippen molar-refractivity contribution >= 4 is 16.9 Å². The fraction of sp³-hybridized carbons (Fsp3) is 0.381. The predicted molar refractivity (Wildman–Crippen MR) is 101 cm³/mol. The lowest BCUT2D eigenvalue weighted by molar-refractivity contribution is -0.137. The molecule has 6 nitrogen and oxygen atoms in total. The maximum atomic E-state index is 13.1. The highest BCUT2D eigenvalue weighted by atomic mass is 16.5. The molecule has 2 bridgehead atoms. The van der Waals surface area contributed by atoms with Gasteiger partial charge in [-0.25, -0.2) is 9.97 Å². The molecule has 2 fully saturated rings. The average molecular weight is 362 g/mol. The summed E-state index contributed by atoms with van der Waals surface area (Å²) in [5.74, 6) is 0.855. The zero-order chi connectivity index (χ0) is 18.2. The number of nitrogens with zero attached hydrogens (tertiary/aromatic N) is 4. The molecule has 2 atom stereocenters. The Labute approximate surface area is 157 Å². The molecule has 0 saturated carbocycles. The molecule has 0 radical (unpaired) electrons. The van der Waals surface area contributed by atoms with E-state index in [4.69, 9.17) is 4.74 Å². The molecule has 27 heavy (non-hydrogen) atoms. The van der Waals surface area contributed by atoms with E-state index >= 15 is 0 Å². The highest BCUT2D eigenvalue weighted by Gasteiger charge is 2.44. The normalized spacial score (nSPS) is 24.3. The number of amides is 1. The Morgan fingerprint density at radius 3 is 2.59 bits per heavy atom. The van der Waals surface area contributed by atoms with Crippen LogP contribution < -0.4 is 4.74 Å². The van der Waals surface area contributed by atoms with Crippen LogP contribution in [0.3, 0.4) is 0 Å². The third-order valence-electron chi connectivity index (χ3n) is 5.74. The fourth-order valence-corrected chi connectivity index (χ4v) is 4.58. The SMILES string of the molecule is O=C(Cn1cnc2ccccc21)N1C2CCC1CC(Oc1ccccn1)C2. The van der Waals surface area contributed by atoms with Gasteiger partial charge in [0.05, 0.1) is 17.4 Å². The molecule has 2 aromatic heterocycles. The van der Waals surface area contributed by atoms with E-state index in [1.54, 1.807) is 12.5 Å². The molecule has 1 aromatic carbocycles. The van der Waals surface area contributed by atoms with Gasteiger partial charge in [-0.2, -0.15) is 0 Å². The largest absolute Gasteiger partial charge is 0.474 e. The van der Waals surface area contributed by atoms with E-state index in [2.05, 4.69) is 14.9 Å². The van der Waals surface area contributed by atoms with Gasteiger partial charge in [-0.15, -0.1) is 0 Å². The van der Waals surface area contributed by atoms with E-state index in [-0.39, 0.29) is 24.1 Å². The molecule has 3 aromatic rings. The Morgan fingerprint density at radius 2 is 1.81 bits per heavy atom. The lowest BCUT2D eigenvalue weighted by Gasteiger charge is -2.38. The Hall–Kier alpha value is -2.89. The maximum Gasteiger partial charge on any atom is 0.243 e. The number of para-hydroxylation sites is 2. The van der Waals surface area contributed by atoms with Crippen molar-refractivity contribution in [2.75, 3.05) is 0 Å². The maximum absolute atomic E-state index is 13.1. The van der Waals surface area contributed by atoms with Gasteiger partial charge in [0.15, 0.2) is 0 Å². The minimum atomic E-state index is 0.135. The fourth-order valence-electron chi connectivity index (χ4n) is 4.58. The summed E-state index contributed by atoms with van der Waals surface area (Å²) in [6.45, 7) is 0.347. The van der Waals surface area contributed by atoms with Crippen LogP contribution in [0.1, 0.15) is 25.7 Å². The van der Waals surface area contributed by atoms with Crippen molar-refractivity contribution in [2.45, 2.75) is 50.4 Å². The second-order valence-electron chi connectivity index (χ2n) is 7.43. The second kappa shape index (κ2) is 6.68. The minimum absolute atomic E-state index is 0.135. The van der Waals surface area contributed by atoms with E-state index in [1.165, 1.54) is 0 Å². The number of hydrogen-bond donors (Lipinski definition) is 0. The molecule has 1 amide bonds. The first-order valence-corrected chi connectivity index (χ1v) is 9.56. The first-order valence-electron chi connectivity index (χ1n) is 9.56. The Bertz CT molecular complexity index is 941. The molecule has 2 unspecified atom stereocenters. The third-order valence-corrected chi connectivity index (χ3v) is 5.74. The van der Waals surface area contributed by atoms with Crippen molar-refractivity contribution in [3.05, 3.63) is 55.0 Å². The molecule has 2 aliphatic rings. The summed E-state index contributed by atoms with van der Waals surface area (Å²) < 4.78 is 8.02. The number of pyridine rings is 1. The van der Waals surface area contributed by atoms with Crippen molar-refractivity contribution in [1.29, 1.82) is 0 Å². The van der Waals surface area contributed by atoms with E-state index in [0.29, 0.717) is 12.4 Å². The summed E-state index contributed by atoms with van der Waals surface area (Å²) in [7, 11) is 0. The quantitative estimate of drug-likeness (QED) is 0.716. The van der Waals surface area contributed by atoms with Crippen molar-refractivity contribution in [1.82, 2.24) is 19.4 Å². The number of carbonyl (C=O) groups excluding carboxylic acids is 1. The first kappa shape index (κ1) is 16.3. The minimum Gasteiger partial charge on any atom is -0.474 e. The van der Waals surface area contributed by atoms with E-state index in [1.807, 2.05) is 47.0 Å². The number of fused-ring (bicyclic) bond motifs is 3. The standard InChI is InChI=1S/C21H22N4O2/c26-21(13-24-14-23-18-5-1-2-6-19(18)24)25-15-8-9-16(25)12-17(11-15)27-20-7-3-4-10-22-20/h1-7,10,14-17H,8-9,11-13H2. The lowest BCUT2D eigenvalue weighted by Crippen LogP contribution is -2.50. The number of hydrogen-bond acceptors (Lipinski definition) is 4. The highest BCUT2D eigenvalue weighted by molar-refractivity contribution is 5.81. The molecule has 0 N–H and O–H groups in total. The van der Waals surface area contributed by atoms with Crippen molar-refractivity contribution < 1.29 is 9.53 Å². The van der Waals surface area contributed by atoms with Crippen LogP contribution >= 0.6 is 0 Å². The zero-order valence-electron chi connectivity index (χ0n) is 15.1. The number of rotatable bonds is 4. The van der Waals surface area contributed by atoms with Gasteiger partial charge in [-0.1, -0.05) is 18.2 Å². The van der Waals surface area contributed by atoms with Gasteiger partial charge < -0.3 is 14.2 Å². The zero-order valence-corrected chi connectivity index (χ0v) is 15.1. The number of benzene rings is 1. The van der Waals surface area contributed by atoms with Crippen LogP contribution in [0.5, 0.6) is 5.88 Å². The monoisotopic (exact) mass is 362 g/mol. The smallest absolute Gasteiger partial charge is 0.243 e. The van der Waals surface area contributed by atoms with Crippen LogP contribution in [0.4, 0.5) is 0 Å². The summed E-state index contributed by atoms with van der Waals surface area (Å²) in [5, 5.41) is 0. The lowest BCUT2D eigenvalue weighted by atomic mass is 9.99. The number of imidazole rings is 1. The molecule has 138 valence electrons. The van der Waals surface area contributed by atoms with Crippen LogP contribution in [0.2, 0.25) is 0 Å². The molecule has 4 heterocycles. The van der Waals surface area contributed by atoms with Gasteiger partial charge in [-0.05, 0) is 31.0 Å². The van der Waals surface area contributed by atoms with E-state index in [9.17, 15) is 4.79 Å². The Morgan fingerprint density at radius 1 is 1.04 bits per heavy atom. The molecule has 2 saturated heterocycles. The summed E-state index contributed by atoms with van der Waals surface area (Å²) in [6.07, 6.45) is 7.52. The van der Waals surface area contributed by atoms with Crippen LogP contribution in [0, 0.1) is 0 Å². The molecular formula is C21H22N4O2. The van der Waals surface area contributed by atoms with E-state index in [0.717, 1.165) is 36.7 Å². The van der Waals surface area contributed by atoms with Crippen molar-refractivity contribution in [3.63, 3.8) is 0 Å². The van der Waals surface area contributed by atoms with Gasteiger partial charge in [0, 0.05) is 37.2 Å². The summed E-state index contributed by atoms with van der Waals surface area (Å²) in [5.41, 5.74) is 1.93. The van der Waals surface area contributed by atoms with Crippen LogP contribution in [0.25, 0.3) is 11.0 Å². The van der Waals surface area contributed by atoms with Crippen LogP contribution in [0.15, 0.2) is 55.0 Å². The van der Waals surface area contributed by atoms with Crippen molar-refractivity contribution in [3.8, 4) is 5.88 Å². The molecule has 5 rings (SSSR count). The highest BCUT2D eigenvalue weighted by Crippen LogP contribution is 2.37. The van der Waals surface area contributed by atoms with Crippen molar-refractivity contribution in [2.24, 2.45) is 0 Å². The number of piperidine rings is 1. The summed E-state index contributed by atoms with van der Waals surface area (Å²) >= 11 is 0. The number of carbonyl (C=O) groups is 1. The second-order valence-corrected chi connectivity index (χ2v) is 7.43. The topological polar surface area (TPSA) is 60.2 Å². The van der Waals surface area contributed by atoms with Gasteiger partial charge in [0.25, 0.3) is 0 Å². The van der Waals surface area contributed by atoms with Gasteiger partial charge in [0.1, 0.15) is 12.6 Å². The van der Waals surface area contributed by atoms with Gasteiger partial charge in [0.2, 0.25) is 11.8 Å². The number of aromatic nitrogens is 3. The Balaban J connectivity index is 1.28. The molecule has 6 heteroatoms. The first-order chi connectivity index (χ1) is 13.3. The van der Waals surface area contributed by atoms with Gasteiger partial charge >= 0.3 is 0 Å². The average Bonchev–Trinajstić information content (AvgIpc) is 3.21. The molecule has 2 aliphatic heterocycles. The molecule has 0 aliphatic carbocycles. The predicted octanol–water partition coefficient (Wildman–Crippen LogP) is 3.03. The van der Waals surface area contributed by atoms with E-state index < -0.39 is 0 Å². The molecule has 0 spiro atoms. The van der Waals surface area contributed by atoms with Crippen LogP contribution in [-0.4, -0.2) is 43.5 Å².